The number of ether oxygens (including phenoxy) is 1. The van der Waals surface area contributed by atoms with Crippen LogP contribution in [-0.2, 0) is 4.74 Å². The molecule has 0 saturated heterocycles. The molecule has 2 aliphatic rings. The zero-order chi connectivity index (χ0) is 13.6. The van der Waals surface area contributed by atoms with Gasteiger partial charge in [-0.15, -0.1) is 0 Å². The summed E-state index contributed by atoms with van der Waals surface area (Å²) in [5.74, 6) is 0. The highest BCUT2D eigenvalue weighted by atomic mass is 16.5. The summed E-state index contributed by atoms with van der Waals surface area (Å²) in [7, 11) is 0. The van der Waals surface area contributed by atoms with Crippen molar-refractivity contribution in [1.82, 2.24) is 0 Å². The number of rotatable bonds is 6. The minimum atomic E-state index is 0.530. The second-order valence-electron chi connectivity index (χ2n) is 7.32. The molecule has 0 radical (unpaired) electrons. The highest BCUT2D eigenvalue weighted by Gasteiger charge is 2.34. The van der Waals surface area contributed by atoms with Crippen LogP contribution in [0.1, 0.15) is 90.9 Å². The van der Waals surface area contributed by atoms with Crippen molar-refractivity contribution in [2.24, 2.45) is 10.8 Å². The van der Waals surface area contributed by atoms with Crippen LogP contribution in [0, 0.1) is 10.8 Å². The van der Waals surface area contributed by atoms with Gasteiger partial charge in [-0.2, -0.15) is 0 Å². The Hall–Kier alpha value is -0.0400. The van der Waals surface area contributed by atoms with Crippen LogP contribution in [0.25, 0.3) is 0 Å². The van der Waals surface area contributed by atoms with E-state index in [0.717, 1.165) is 13.2 Å². The van der Waals surface area contributed by atoms with Crippen molar-refractivity contribution in [2.75, 3.05) is 13.2 Å². The normalized spacial score (nSPS) is 26.2. The molecule has 1 heteroatoms. The van der Waals surface area contributed by atoms with Crippen molar-refractivity contribution in [3.63, 3.8) is 0 Å². The molecule has 0 bridgehead atoms. The smallest absolute Gasteiger partial charge is 0.0522 e. The summed E-state index contributed by atoms with van der Waals surface area (Å²) in [4.78, 5) is 0. The van der Waals surface area contributed by atoms with Crippen LogP contribution in [-0.4, -0.2) is 13.2 Å². The van der Waals surface area contributed by atoms with E-state index in [1.54, 1.807) is 0 Å². The SMILES string of the molecule is CCC1(COCC2(CC)CCCCC2)CCCCC1. The molecular formula is C18H34O. The fourth-order valence-electron chi connectivity index (χ4n) is 4.29. The average Bonchev–Trinajstić information content (AvgIpc) is 2.49. The quantitative estimate of drug-likeness (QED) is 0.597. The lowest BCUT2D eigenvalue weighted by molar-refractivity contribution is -0.0368. The van der Waals surface area contributed by atoms with Gasteiger partial charge in [0.2, 0.25) is 0 Å². The average molecular weight is 266 g/mol. The molecule has 0 aromatic rings. The molecule has 1 nitrogen and oxygen atoms in total. The third kappa shape index (κ3) is 3.97. The molecule has 0 aromatic heterocycles. The van der Waals surface area contributed by atoms with E-state index >= 15 is 0 Å². The second-order valence-corrected chi connectivity index (χ2v) is 7.32. The lowest BCUT2D eigenvalue weighted by atomic mass is 9.72. The lowest BCUT2D eigenvalue weighted by Gasteiger charge is -2.40. The fourth-order valence-corrected chi connectivity index (χ4v) is 4.29. The van der Waals surface area contributed by atoms with E-state index in [2.05, 4.69) is 13.8 Å². The molecule has 2 fully saturated rings. The van der Waals surface area contributed by atoms with Crippen LogP contribution in [0.2, 0.25) is 0 Å². The van der Waals surface area contributed by atoms with Gasteiger partial charge in [-0.3, -0.25) is 0 Å². The largest absolute Gasteiger partial charge is 0.380 e. The van der Waals surface area contributed by atoms with E-state index in [1.807, 2.05) is 0 Å². The van der Waals surface area contributed by atoms with Gasteiger partial charge in [0.1, 0.15) is 0 Å². The molecule has 19 heavy (non-hydrogen) atoms. The van der Waals surface area contributed by atoms with Crippen molar-refractivity contribution >= 4 is 0 Å². The Bertz CT molecular complexity index is 220. The minimum Gasteiger partial charge on any atom is -0.380 e. The molecule has 0 N–H and O–H groups in total. The molecule has 0 amide bonds. The zero-order valence-electron chi connectivity index (χ0n) is 13.3. The van der Waals surface area contributed by atoms with Gasteiger partial charge in [0.05, 0.1) is 13.2 Å². The van der Waals surface area contributed by atoms with E-state index in [4.69, 9.17) is 4.74 Å². The van der Waals surface area contributed by atoms with Gasteiger partial charge < -0.3 is 4.74 Å². The Balaban J connectivity index is 1.80. The molecule has 0 atom stereocenters. The first-order valence-electron chi connectivity index (χ1n) is 8.82. The summed E-state index contributed by atoms with van der Waals surface area (Å²) in [5, 5.41) is 0. The topological polar surface area (TPSA) is 9.23 Å². The molecule has 2 saturated carbocycles. The van der Waals surface area contributed by atoms with Gasteiger partial charge in [0.25, 0.3) is 0 Å². The third-order valence-corrected chi connectivity index (χ3v) is 6.14. The van der Waals surface area contributed by atoms with E-state index in [9.17, 15) is 0 Å². The Morgan fingerprint density at radius 1 is 0.632 bits per heavy atom. The summed E-state index contributed by atoms with van der Waals surface area (Å²) >= 11 is 0. The Kier molecular flexibility index (Phi) is 5.74. The first-order chi connectivity index (χ1) is 9.24. The van der Waals surface area contributed by atoms with Crippen LogP contribution in [0.3, 0.4) is 0 Å². The fraction of sp³-hybridized carbons (Fsp3) is 1.00. The van der Waals surface area contributed by atoms with Crippen molar-refractivity contribution in [1.29, 1.82) is 0 Å². The highest BCUT2D eigenvalue weighted by Crippen LogP contribution is 2.42. The maximum atomic E-state index is 6.30. The minimum absolute atomic E-state index is 0.530. The Morgan fingerprint density at radius 3 is 1.32 bits per heavy atom. The highest BCUT2D eigenvalue weighted by molar-refractivity contribution is 4.84. The molecule has 112 valence electrons. The summed E-state index contributed by atoms with van der Waals surface area (Å²) < 4.78 is 6.30. The van der Waals surface area contributed by atoms with Crippen LogP contribution in [0.4, 0.5) is 0 Å². The van der Waals surface area contributed by atoms with Crippen LogP contribution in [0.5, 0.6) is 0 Å². The monoisotopic (exact) mass is 266 g/mol. The van der Waals surface area contributed by atoms with E-state index < -0.39 is 0 Å². The van der Waals surface area contributed by atoms with E-state index in [0.29, 0.717) is 10.8 Å². The third-order valence-electron chi connectivity index (χ3n) is 6.14. The van der Waals surface area contributed by atoms with Gasteiger partial charge in [-0.25, -0.2) is 0 Å². The molecule has 0 unspecified atom stereocenters. The predicted molar refractivity (Wildman–Crippen MR) is 82.4 cm³/mol. The Morgan fingerprint density at radius 2 is 1.00 bits per heavy atom. The molecule has 0 spiro atoms. The standard InChI is InChI=1S/C18H34O/c1-3-17(11-7-5-8-12-17)15-19-16-18(4-2)13-9-6-10-14-18/h3-16H2,1-2H3. The van der Waals surface area contributed by atoms with Crippen molar-refractivity contribution in [2.45, 2.75) is 90.9 Å². The first kappa shape index (κ1) is 15.4. The maximum absolute atomic E-state index is 6.30. The van der Waals surface area contributed by atoms with Gasteiger partial charge in [-0.05, 0) is 49.4 Å². The first-order valence-corrected chi connectivity index (χ1v) is 8.82. The Labute approximate surface area is 120 Å². The summed E-state index contributed by atoms with van der Waals surface area (Å²) in [6, 6.07) is 0. The van der Waals surface area contributed by atoms with Crippen LogP contribution in [0.15, 0.2) is 0 Å². The van der Waals surface area contributed by atoms with Gasteiger partial charge in [-0.1, -0.05) is 52.4 Å². The summed E-state index contributed by atoms with van der Waals surface area (Å²) in [6.45, 7) is 6.80. The predicted octanol–water partition coefficient (Wildman–Crippen LogP) is 5.72. The molecular weight excluding hydrogens is 232 g/mol. The van der Waals surface area contributed by atoms with Crippen LogP contribution >= 0.6 is 0 Å². The van der Waals surface area contributed by atoms with Crippen LogP contribution < -0.4 is 0 Å². The van der Waals surface area contributed by atoms with Gasteiger partial charge in [0, 0.05) is 0 Å². The van der Waals surface area contributed by atoms with Crippen molar-refractivity contribution in [3.05, 3.63) is 0 Å². The zero-order valence-corrected chi connectivity index (χ0v) is 13.3. The molecule has 2 aliphatic carbocycles. The summed E-state index contributed by atoms with van der Waals surface area (Å²) in [5.41, 5.74) is 1.06. The maximum Gasteiger partial charge on any atom is 0.0522 e. The summed E-state index contributed by atoms with van der Waals surface area (Å²) in [6.07, 6.45) is 16.8. The van der Waals surface area contributed by atoms with Crippen molar-refractivity contribution < 1.29 is 4.74 Å². The molecule has 0 aliphatic heterocycles. The molecule has 2 rings (SSSR count). The lowest BCUT2D eigenvalue weighted by Crippen LogP contribution is -2.34. The van der Waals surface area contributed by atoms with E-state index in [-0.39, 0.29) is 0 Å². The number of hydrogen-bond acceptors (Lipinski definition) is 1. The molecule has 0 heterocycles. The second kappa shape index (κ2) is 7.11. The van der Waals surface area contributed by atoms with Gasteiger partial charge in [0.15, 0.2) is 0 Å². The number of hydrogen-bond donors (Lipinski definition) is 0. The molecule has 0 aromatic carbocycles. The van der Waals surface area contributed by atoms with Gasteiger partial charge >= 0.3 is 0 Å². The van der Waals surface area contributed by atoms with Crippen molar-refractivity contribution in [3.8, 4) is 0 Å². The van der Waals surface area contributed by atoms with E-state index in [1.165, 1.54) is 77.0 Å².